The van der Waals surface area contributed by atoms with Crippen LogP contribution in [0.15, 0.2) is 12.1 Å². The van der Waals surface area contributed by atoms with E-state index < -0.39 is 0 Å². The Balaban J connectivity index is 3.10. The van der Waals surface area contributed by atoms with E-state index in [-0.39, 0.29) is 0 Å². The van der Waals surface area contributed by atoms with Crippen LogP contribution in [-0.2, 0) is 13.0 Å². The molecule has 0 unspecified atom stereocenters. The van der Waals surface area contributed by atoms with Gasteiger partial charge in [-0.1, -0.05) is 24.6 Å². The monoisotopic (exact) mass is 215 g/mol. The Labute approximate surface area is 88.6 Å². The fraction of sp³-hybridized carbons (Fsp3) is 0.400. The van der Waals surface area contributed by atoms with Gasteiger partial charge in [-0.2, -0.15) is 0 Å². The number of methoxy groups -OCH3 is 1. The lowest BCUT2D eigenvalue weighted by atomic mass is 10.1. The zero-order chi connectivity index (χ0) is 10.6. The number of ether oxygens (including phenoxy) is 1. The number of hydroxylamine groups is 1. The first-order valence-electron chi connectivity index (χ1n) is 4.45. The minimum Gasteiger partial charge on any atom is -0.495 e. The van der Waals surface area contributed by atoms with E-state index >= 15 is 0 Å². The molecule has 0 aromatic heterocycles. The Morgan fingerprint density at radius 3 is 2.71 bits per heavy atom. The first kappa shape index (κ1) is 11.3. The predicted octanol–water partition coefficient (Wildman–Crippen LogP) is 2.39. The van der Waals surface area contributed by atoms with Crippen molar-refractivity contribution >= 4 is 11.6 Å². The van der Waals surface area contributed by atoms with E-state index in [2.05, 4.69) is 5.48 Å². The molecule has 0 amide bonds. The lowest BCUT2D eigenvalue weighted by molar-refractivity contribution is 0.161. The fourth-order valence-electron chi connectivity index (χ4n) is 1.40. The fourth-order valence-corrected chi connectivity index (χ4v) is 1.74. The number of rotatable bonds is 4. The van der Waals surface area contributed by atoms with Gasteiger partial charge < -0.3 is 9.94 Å². The van der Waals surface area contributed by atoms with Crippen LogP contribution in [0, 0.1) is 0 Å². The molecule has 3 nitrogen and oxygen atoms in total. The molecule has 1 aromatic carbocycles. The van der Waals surface area contributed by atoms with Crippen molar-refractivity contribution in [2.75, 3.05) is 7.11 Å². The molecule has 78 valence electrons. The lowest BCUT2D eigenvalue weighted by Crippen LogP contribution is -2.07. The largest absolute Gasteiger partial charge is 0.495 e. The third-order valence-electron chi connectivity index (χ3n) is 2.05. The molecule has 0 saturated carbocycles. The molecule has 0 aliphatic heterocycles. The van der Waals surface area contributed by atoms with Crippen LogP contribution in [0.3, 0.4) is 0 Å². The summed E-state index contributed by atoms with van der Waals surface area (Å²) in [6.07, 6.45) is 0.849. The second kappa shape index (κ2) is 5.20. The summed E-state index contributed by atoms with van der Waals surface area (Å²) in [7, 11) is 1.60. The van der Waals surface area contributed by atoms with Crippen molar-refractivity contribution in [1.29, 1.82) is 0 Å². The molecule has 0 aliphatic carbocycles. The van der Waals surface area contributed by atoms with Gasteiger partial charge in [0.2, 0.25) is 0 Å². The third-order valence-corrected chi connectivity index (χ3v) is 2.33. The van der Waals surface area contributed by atoms with Gasteiger partial charge in [-0.05, 0) is 23.6 Å². The number of nitrogens with one attached hydrogen (secondary N) is 1. The highest BCUT2D eigenvalue weighted by Gasteiger charge is 2.08. The molecule has 0 atom stereocenters. The van der Waals surface area contributed by atoms with Crippen LogP contribution in [0.4, 0.5) is 0 Å². The highest BCUT2D eigenvalue weighted by atomic mass is 35.5. The van der Waals surface area contributed by atoms with Crippen LogP contribution >= 0.6 is 11.6 Å². The van der Waals surface area contributed by atoms with E-state index in [4.69, 9.17) is 21.5 Å². The average Bonchev–Trinajstić information content (AvgIpc) is 2.17. The van der Waals surface area contributed by atoms with E-state index in [1.54, 1.807) is 13.2 Å². The summed E-state index contributed by atoms with van der Waals surface area (Å²) in [5.74, 6) is 0.718. The maximum absolute atomic E-state index is 8.58. The van der Waals surface area contributed by atoms with Crippen molar-refractivity contribution < 1.29 is 9.94 Å². The molecule has 0 fully saturated rings. The van der Waals surface area contributed by atoms with E-state index in [1.165, 1.54) is 0 Å². The van der Waals surface area contributed by atoms with Crippen LogP contribution < -0.4 is 10.2 Å². The molecule has 0 heterocycles. The molecule has 4 heteroatoms. The molecule has 0 spiro atoms. The van der Waals surface area contributed by atoms with Crippen molar-refractivity contribution in [3.8, 4) is 5.75 Å². The van der Waals surface area contributed by atoms with Crippen molar-refractivity contribution in [3.05, 3.63) is 28.3 Å². The van der Waals surface area contributed by atoms with Gasteiger partial charge in [-0.25, -0.2) is 5.48 Å². The van der Waals surface area contributed by atoms with Gasteiger partial charge in [0.05, 0.1) is 12.1 Å². The van der Waals surface area contributed by atoms with Gasteiger partial charge in [-0.3, -0.25) is 0 Å². The molecule has 1 aromatic rings. The lowest BCUT2D eigenvalue weighted by Gasteiger charge is -2.11. The van der Waals surface area contributed by atoms with E-state index in [1.807, 2.05) is 13.0 Å². The van der Waals surface area contributed by atoms with E-state index in [0.29, 0.717) is 11.6 Å². The van der Waals surface area contributed by atoms with E-state index in [0.717, 1.165) is 23.3 Å². The Kier molecular flexibility index (Phi) is 4.20. The summed E-state index contributed by atoms with van der Waals surface area (Å²) in [4.78, 5) is 0. The van der Waals surface area contributed by atoms with Crippen LogP contribution in [0.5, 0.6) is 5.75 Å². The van der Waals surface area contributed by atoms with Gasteiger partial charge in [0.1, 0.15) is 5.75 Å². The zero-order valence-corrected chi connectivity index (χ0v) is 9.06. The maximum atomic E-state index is 8.58. The van der Waals surface area contributed by atoms with Crippen LogP contribution in [0.1, 0.15) is 18.1 Å². The topological polar surface area (TPSA) is 41.5 Å². The van der Waals surface area contributed by atoms with Gasteiger partial charge in [0, 0.05) is 6.54 Å². The zero-order valence-electron chi connectivity index (χ0n) is 8.30. The first-order chi connectivity index (χ1) is 6.72. The minimum absolute atomic E-state index is 0.386. The molecule has 1 rings (SSSR count). The van der Waals surface area contributed by atoms with Crippen molar-refractivity contribution in [2.24, 2.45) is 0 Å². The maximum Gasteiger partial charge on any atom is 0.140 e. The van der Waals surface area contributed by atoms with Gasteiger partial charge in [0.25, 0.3) is 0 Å². The Hall–Kier alpha value is -0.770. The Morgan fingerprint density at radius 2 is 2.21 bits per heavy atom. The van der Waals surface area contributed by atoms with Crippen molar-refractivity contribution in [1.82, 2.24) is 5.48 Å². The normalized spacial score (nSPS) is 10.3. The summed E-state index contributed by atoms with van der Waals surface area (Å²) >= 11 is 6.01. The van der Waals surface area contributed by atoms with E-state index in [9.17, 15) is 0 Å². The summed E-state index contributed by atoms with van der Waals surface area (Å²) in [6, 6.07) is 3.75. The number of benzene rings is 1. The summed E-state index contributed by atoms with van der Waals surface area (Å²) in [5.41, 5.74) is 4.09. The number of halogens is 1. The molecule has 0 aliphatic rings. The molecular formula is C10H14ClNO2. The van der Waals surface area contributed by atoms with Crippen LogP contribution in [0.2, 0.25) is 5.02 Å². The number of aryl methyl sites for hydroxylation is 1. The van der Waals surface area contributed by atoms with Crippen LogP contribution in [0.25, 0.3) is 0 Å². The standard InChI is InChI=1S/C10H14ClNO2/c1-3-8-4-7(6-12-13)5-9(11)10(8)14-2/h4-5,12-13H,3,6H2,1-2H3. The van der Waals surface area contributed by atoms with Crippen LogP contribution in [-0.4, -0.2) is 12.3 Å². The SMILES string of the molecule is CCc1cc(CNO)cc(Cl)c1OC. The quantitative estimate of drug-likeness (QED) is 0.758. The molecule has 0 saturated heterocycles. The predicted molar refractivity (Wildman–Crippen MR) is 56.0 cm³/mol. The highest BCUT2D eigenvalue weighted by molar-refractivity contribution is 6.32. The third kappa shape index (κ3) is 2.38. The molecule has 0 radical (unpaired) electrons. The van der Waals surface area contributed by atoms with Crippen molar-refractivity contribution in [2.45, 2.75) is 19.9 Å². The Morgan fingerprint density at radius 1 is 1.50 bits per heavy atom. The second-order valence-electron chi connectivity index (χ2n) is 2.96. The molecule has 14 heavy (non-hydrogen) atoms. The Bertz CT molecular complexity index is 315. The smallest absolute Gasteiger partial charge is 0.140 e. The summed E-state index contributed by atoms with van der Waals surface area (Å²) < 4.78 is 5.19. The second-order valence-corrected chi connectivity index (χ2v) is 3.37. The van der Waals surface area contributed by atoms with Gasteiger partial charge in [0.15, 0.2) is 0 Å². The number of hydrogen-bond acceptors (Lipinski definition) is 3. The van der Waals surface area contributed by atoms with Crippen molar-refractivity contribution in [3.63, 3.8) is 0 Å². The van der Waals surface area contributed by atoms with Gasteiger partial charge >= 0.3 is 0 Å². The summed E-state index contributed by atoms with van der Waals surface area (Å²) in [6.45, 7) is 2.42. The van der Waals surface area contributed by atoms with Gasteiger partial charge in [-0.15, -0.1) is 0 Å². The minimum atomic E-state index is 0.386. The number of hydrogen-bond donors (Lipinski definition) is 2. The molecule has 0 bridgehead atoms. The highest BCUT2D eigenvalue weighted by Crippen LogP contribution is 2.30. The average molecular weight is 216 g/mol. The molecular weight excluding hydrogens is 202 g/mol. The molecule has 2 N–H and O–H groups in total. The summed E-state index contributed by atoms with van der Waals surface area (Å²) in [5, 5.41) is 9.16. The first-order valence-corrected chi connectivity index (χ1v) is 4.83.